The summed E-state index contributed by atoms with van der Waals surface area (Å²) in [4.78, 5) is 60.7. The molecule has 3 aromatic carbocycles. The Kier molecular flexibility index (Phi) is 8.77. The van der Waals surface area contributed by atoms with Gasteiger partial charge >= 0.3 is 0 Å². The van der Waals surface area contributed by atoms with Crippen LogP contribution in [0.4, 0.5) is 5.69 Å². The average Bonchev–Trinajstić information content (AvgIpc) is 3.62. The van der Waals surface area contributed by atoms with Crippen molar-refractivity contribution in [2.24, 2.45) is 0 Å². The monoisotopic (exact) mass is 599 g/mol. The number of imidazole rings is 1. The van der Waals surface area contributed by atoms with Gasteiger partial charge in [-0.05, 0) is 53.4 Å². The number of benzene rings is 3. The van der Waals surface area contributed by atoms with Crippen LogP contribution in [0, 0.1) is 0 Å². The Labute approximate surface area is 261 Å². The van der Waals surface area contributed by atoms with Gasteiger partial charge < -0.3 is 18.9 Å². The van der Waals surface area contributed by atoms with Gasteiger partial charge in [0.15, 0.2) is 5.78 Å². The molecule has 0 unspecified atom stereocenters. The molecular formula is C36H33N5O4. The first-order chi connectivity index (χ1) is 21.9. The second kappa shape index (κ2) is 13.4. The zero-order valence-corrected chi connectivity index (χ0v) is 24.8. The number of amides is 1. The molecule has 45 heavy (non-hydrogen) atoms. The van der Waals surface area contributed by atoms with E-state index in [0.29, 0.717) is 32.6 Å². The number of pyridine rings is 1. The summed E-state index contributed by atoms with van der Waals surface area (Å²) >= 11 is 0. The lowest BCUT2D eigenvalue weighted by molar-refractivity contribution is -0.144. The van der Waals surface area contributed by atoms with Crippen LogP contribution in [-0.4, -0.2) is 62.7 Å². The highest BCUT2D eigenvalue weighted by Crippen LogP contribution is 2.20. The standard InChI is InChI=1S/C36H33N5O4/c42-33(32-22-29(21-27-7-3-1-4-8-27)25-41(35(32)44)24-28-9-5-2-6-10-28)23-34(43)36(45)39-19-17-38(18-20-39)30-11-13-31(14-12-30)40-16-15-37-26-40/h1-16,22,25-26H,17-21,23-24H2. The zero-order chi connectivity index (χ0) is 31.2. The molecule has 0 radical (unpaired) electrons. The fraction of sp³-hybridized carbons (Fsp3) is 0.194. The molecule has 1 fully saturated rings. The number of rotatable bonds is 10. The Morgan fingerprint density at radius 3 is 2.02 bits per heavy atom. The molecule has 9 heteroatoms. The number of anilines is 1. The van der Waals surface area contributed by atoms with Crippen molar-refractivity contribution in [1.29, 1.82) is 0 Å². The average molecular weight is 600 g/mol. The largest absolute Gasteiger partial charge is 0.368 e. The van der Waals surface area contributed by atoms with Crippen LogP contribution in [0.2, 0.25) is 0 Å². The molecule has 0 aliphatic carbocycles. The Morgan fingerprint density at radius 1 is 0.733 bits per heavy atom. The molecule has 226 valence electrons. The van der Waals surface area contributed by atoms with E-state index in [2.05, 4.69) is 9.88 Å². The molecule has 0 atom stereocenters. The smallest absolute Gasteiger partial charge is 0.290 e. The lowest BCUT2D eigenvalue weighted by atomic mass is 10.0. The van der Waals surface area contributed by atoms with Crippen LogP contribution in [0.3, 0.4) is 0 Å². The number of ketones is 2. The number of nitrogens with zero attached hydrogens (tertiary/aromatic N) is 5. The Bertz CT molecular complexity index is 1840. The van der Waals surface area contributed by atoms with Crippen LogP contribution < -0.4 is 10.5 Å². The van der Waals surface area contributed by atoms with E-state index in [1.165, 1.54) is 9.47 Å². The van der Waals surface area contributed by atoms with E-state index >= 15 is 0 Å². The van der Waals surface area contributed by atoms with E-state index in [0.717, 1.165) is 28.1 Å². The molecule has 0 N–H and O–H groups in total. The van der Waals surface area contributed by atoms with Crippen molar-refractivity contribution in [2.45, 2.75) is 19.4 Å². The highest BCUT2D eigenvalue weighted by atomic mass is 16.2. The minimum Gasteiger partial charge on any atom is -0.368 e. The van der Waals surface area contributed by atoms with E-state index in [1.54, 1.807) is 24.8 Å². The summed E-state index contributed by atoms with van der Waals surface area (Å²) in [6.45, 7) is 2.12. The molecular weight excluding hydrogens is 566 g/mol. The second-order valence-corrected chi connectivity index (χ2v) is 11.1. The van der Waals surface area contributed by atoms with Crippen molar-refractivity contribution < 1.29 is 14.4 Å². The summed E-state index contributed by atoms with van der Waals surface area (Å²) in [7, 11) is 0. The molecule has 9 nitrogen and oxygen atoms in total. The maximum atomic E-state index is 13.5. The van der Waals surface area contributed by atoms with Gasteiger partial charge in [-0.15, -0.1) is 0 Å². The second-order valence-electron chi connectivity index (χ2n) is 11.1. The van der Waals surface area contributed by atoms with Gasteiger partial charge in [-0.3, -0.25) is 19.2 Å². The molecule has 2 aromatic heterocycles. The number of piperazine rings is 1. The molecule has 0 saturated carbocycles. The summed E-state index contributed by atoms with van der Waals surface area (Å²) < 4.78 is 3.43. The van der Waals surface area contributed by atoms with Gasteiger partial charge in [-0.2, -0.15) is 0 Å². The Morgan fingerprint density at radius 2 is 1.38 bits per heavy atom. The van der Waals surface area contributed by atoms with Gasteiger partial charge in [0, 0.05) is 56.1 Å². The summed E-state index contributed by atoms with van der Waals surface area (Å²) in [5, 5.41) is 0. The first-order valence-corrected chi connectivity index (χ1v) is 14.9. The molecule has 1 saturated heterocycles. The number of Topliss-reactive ketones (excluding diaryl/α,β-unsaturated/α-hetero) is 2. The highest BCUT2D eigenvalue weighted by molar-refractivity contribution is 6.40. The van der Waals surface area contributed by atoms with Crippen LogP contribution in [0.25, 0.3) is 5.69 Å². The van der Waals surface area contributed by atoms with Crippen molar-refractivity contribution in [3.05, 3.63) is 149 Å². The van der Waals surface area contributed by atoms with Crippen molar-refractivity contribution in [1.82, 2.24) is 19.0 Å². The number of aromatic nitrogens is 3. The molecule has 1 aliphatic rings. The minimum absolute atomic E-state index is 0.0792. The molecule has 0 spiro atoms. The van der Waals surface area contributed by atoms with Crippen molar-refractivity contribution in [3.8, 4) is 5.69 Å². The van der Waals surface area contributed by atoms with Crippen LogP contribution in [0.15, 0.2) is 121 Å². The maximum absolute atomic E-state index is 13.5. The summed E-state index contributed by atoms with van der Waals surface area (Å²) in [6.07, 6.45) is 6.97. The van der Waals surface area contributed by atoms with E-state index in [9.17, 15) is 19.2 Å². The highest BCUT2D eigenvalue weighted by Gasteiger charge is 2.29. The van der Waals surface area contributed by atoms with Gasteiger partial charge in [0.2, 0.25) is 5.78 Å². The number of hydrogen-bond donors (Lipinski definition) is 0. The van der Waals surface area contributed by atoms with Crippen molar-refractivity contribution in [3.63, 3.8) is 0 Å². The fourth-order valence-corrected chi connectivity index (χ4v) is 5.63. The number of carbonyl (C=O) groups excluding carboxylic acids is 3. The molecule has 0 bridgehead atoms. The third-order valence-corrected chi connectivity index (χ3v) is 8.03. The SMILES string of the molecule is O=C(CC(=O)c1cc(Cc2ccccc2)cn(Cc2ccccc2)c1=O)C(=O)N1CCN(c2ccc(-n3ccnc3)cc2)CC1. The summed E-state index contributed by atoms with van der Waals surface area (Å²) in [5.74, 6) is -2.14. The van der Waals surface area contributed by atoms with Gasteiger partial charge in [0.1, 0.15) is 0 Å². The van der Waals surface area contributed by atoms with Gasteiger partial charge in [-0.25, -0.2) is 4.98 Å². The Balaban J connectivity index is 1.12. The first kappa shape index (κ1) is 29.5. The third-order valence-electron chi connectivity index (χ3n) is 8.03. The van der Waals surface area contributed by atoms with Gasteiger partial charge in [0.05, 0.1) is 24.9 Å². The molecule has 5 aromatic rings. The number of carbonyl (C=O) groups is 3. The first-order valence-electron chi connectivity index (χ1n) is 14.9. The Hall–Kier alpha value is -5.57. The quantitative estimate of drug-likeness (QED) is 0.136. The van der Waals surface area contributed by atoms with Gasteiger partial charge in [-0.1, -0.05) is 60.7 Å². The predicted octanol–water partition coefficient (Wildman–Crippen LogP) is 4.16. The van der Waals surface area contributed by atoms with E-state index in [4.69, 9.17) is 0 Å². The number of hydrogen-bond acceptors (Lipinski definition) is 6. The molecule has 3 heterocycles. The fourth-order valence-electron chi connectivity index (χ4n) is 5.63. The normalized spacial score (nSPS) is 13.1. The predicted molar refractivity (Wildman–Crippen MR) is 172 cm³/mol. The van der Waals surface area contributed by atoms with E-state index < -0.39 is 29.5 Å². The molecule has 1 aliphatic heterocycles. The summed E-state index contributed by atoms with van der Waals surface area (Å²) in [5.41, 5.74) is 4.17. The third kappa shape index (κ3) is 6.99. The van der Waals surface area contributed by atoms with E-state index in [1.807, 2.05) is 95.7 Å². The zero-order valence-electron chi connectivity index (χ0n) is 24.8. The van der Waals surface area contributed by atoms with E-state index in [-0.39, 0.29) is 12.1 Å². The lowest BCUT2D eigenvalue weighted by Gasteiger charge is -2.35. The van der Waals surface area contributed by atoms with Crippen LogP contribution >= 0.6 is 0 Å². The van der Waals surface area contributed by atoms with Crippen molar-refractivity contribution in [2.75, 3.05) is 31.1 Å². The van der Waals surface area contributed by atoms with Crippen LogP contribution in [0.5, 0.6) is 0 Å². The minimum atomic E-state index is -0.805. The topological polar surface area (TPSA) is 97.5 Å². The molecule has 6 rings (SSSR count). The van der Waals surface area contributed by atoms with Crippen molar-refractivity contribution >= 4 is 23.2 Å². The maximum Gasteiger partial charge on any atom is 0.290 e. The molecule has 1 amide bonds. The lowest BCUT2D eigenvalue weighted by Crippen LogP contribution is -2.51. The van der Waals surface area contributed by atoms with Crippen LogP contribution in [0.1, 0.15) is 33.5 Å². The van der Waals surface area contributed by atoms with Crippen LogP contribution in [-0.2, 0) is 22.6 Å². The summed E-state index contributed by atoms with van der Waals surface area (Å²) in [6, 6.07) is 28.9. The van der Waals surface area contributed by atoms with Gasteiger partial charge in [0.25, 0.3) is 11.5 Å².